The van der Waals surface area contributed by atoms with Crippen molar-refractivity contribution in [2.75, 3.05) is 24.5 Å². The molecule has 4 heterocycles. The summed E-state index contributed by atoms with van der Waals surface area (Å²) >= 11 is 0. The largest absolute Gasteiger partial charge is 0.354 e. The molecule has 0 spiro atoms. The van der Waals surface area contributed by atoms with Crippen LogP contribution in [0.4, 0.5) is 10.2 Å². The first-order valence-electron chi connectivity index (χ1n) is 9.22. The third-order valence-electron chi connectivity index (χ3n) is 5.29. The minimum Gasteiger partial charge on any atom is -0.354 e. The topological polar surface area (TPSA) is 69.7 Å². The number of halogens is 1. The number of H-pyrrole nitrogens is 1. The van der Waals surface area contributed by atoms with Crippen LogP contribution in [-0.4, -0.2) is 45.8 Å². The van der Waals surface area contributed by atoms with Gasteiger partial charge >= 0.3 is 0 Å². The van der Waals surface area contributed by atoms with Crippen LogP contribution < -0.4 is 10.2 Å². The summed E-state index contributed by atoms with van der Waals surface area (Å²) in [5.41, 5.74) is 1.45. The van der Waals surface area contributed by atoms with Crippen molar-refractivity contribution in [1.29, 1.82) is 0 Å². The number of nitrogens with one attached hydrogen (secondary N) is 2. The van der Waals surface area contributed by atoms with E-state index in [0.29, 0.717) is 23.1 Å². The second-order valence-electron chi connectivity index (χ2n) is 7.25. The fourth-order valence-corrected chi connectivity index (χ4v) is 3.76. The second kappa shape index (κ2) is 6.32. The van der Waals surface area contributed by atoms with Crippen LogP contribution in [0.5, 0.6) is 0 Å². The van der Waals surface area contributed by atoms with Gasteiger partial charge < -0.3 is 10.2 Å². The molecule has 3 aromatic heterocycles. The Balaban J connectivity index is 0.00000180. The lowest BCUT2D eigenvalue weighted by Gasteiger charge is -2.34. The molecular weight excluding hydrogens is 331 g/mol. The van der Waals surface area contributed by atoms with E-state index in [1.54, 1.807) is 12.3 Å². The molecule has 1 saturated carbocycles. The fourth-order valence-electron chi connectivity index (χ4n) is 3.76. The van der Waals surface area contributed by atoms with Crippen LogP contribution in [0, 0.1) is 11.7 Å². The molecule has 136 valence electrons. The maximum atomic E-state index is 14.5. The van der Waals surface area contributed by atoms with Crippen LogP contribution in [-0.2, 0) is 0 Å². The van der Waals surface area contributed by atoms with Crippen molar-refractivity contribution in [3.63, 3.8) is 0 Å². The summed E-state index contributed by atoms with van der Waals surface area (Å²) in [6.45, 7) is 2.73. The summed E-state index contributed by atoms with van der Waals surface area (Å²) in [5.74, 6) is 1.34. The molecule has 6 nitrogen and oxygen atoms in total. The van der Waals surface area contributed by atoms with Crippen molar-refractivity contribution < 1.29 is 5.82 Å². The van der Waals surface area contributed by atoms with Gasteiger partial charge in [-0.3, -0.25) is 5.10 Å². The van der Waals surface area contributed by atoms with Gasteiger partial charge in [-0.2, -0.15) is 5.10 Å². The number of nitrogens with zero attached hydrogens (tertiary/aromatic N) is 4. The lowest BCUT2D eigenvalue weighted by molar-refractivity contribution is 0.415. The zero-order valence-electron chi connectivity index (χ0n) is 14.5. The van der Waals surface area contributed by atoms with Gasteiger partial charge in [-0.05, 0) is 36.6 Å². The second-order valence-corrected chi connectivity index (χ2v) is 7.25. The maximum absolute atomic E-state index is 14.5. The summed E-state index contributed by atoms with van der Waals surface area (Å²) in [6.07, 6.45) is 5.62. The summed E-state index contributed by atoms with van der Waals surface area (Å²) in [4.78, 5) is 11.1. The highest BCUT2D eigenvalue weighted by Gasteiger charge is 2.29. The highest BCUT2D eigenvalue weighted by atomic mass is 19.1. The van der Waals surface area contributed by atoms with Crippen molar-refractivity contribution in [3.8, 4) is 11.4 Å². The molecule has 1 saturated heterocycles. The number of rotatable bonds is 4. The van der Waals surface area contributed by atoms with Gasteiger partial charge in [-0.15, -0.1) is 0 Å². The Morgan fingerprint density at radius 2 is 2.19 bits per heavy atom. The normalized spacial score (nSPS) is 20.7. The smallest absolute Gasteiger partial charge is 0.181 e. The number of piperazine rings is 1. The van der Waals surface area contributed by atoms with Gasteiger partial charge in [-0.25, -0.2) is 14.4 Å². The van der Waals surface area contributed by atoms with Gasteiger partial charge in [0.15, 0.2) is 11.5 Å². The van der Waals surface area contributed by atoms with Gasteiger partial charge in [0, 0.05) is 38.7 Å². The average Bonchev–Trinajstić information content (AvgIpc) is 3.38. The number of aromatic nitrogens is 4. The first-order chi connectivity index (χ1) is 12.8. The maximum Gasteiger partial charge on any atom is 0.181 e. The van der Waals surface area contributed by atoms with Gasteiger partial charge in [0.05, 0.1) is 5.69 Å². The summed E-state index contributed by atoms with van der Waals surface area (Å²) in [5, 5.41) is 11.4. The van der Waals surface area contributed by atoms with Gasteiger partial charge in [-0.1, -0.05) is 12.8 Å². The van der Waals surface area contributed by atoms with Crippen LogP contribution in [0.1, 0.15) is 20.7 Å². The van der Waals surface area contributed by atoms with Crippen LogP contribution in [0.15, 0.2) is 30.5 Å². The molecule has 3 aromatic rings. The Hall–Kier alpha value is -2.54. The Morgan fingerprint density at radius 1 is 1.27 bits per heavy atom. The molecule has 2 aliphatic rings. The van der Waals surface area contributed by atoms with Gasteiger partial charge in [0.1, 0.15) is 11.5 Å². The minimum atomic E-state index is -0.354. The number of hydrogen-bond acceptors (Lipinski definition) is 5. The van der Waals surface area contributed by atoms with E-state index in [0.717, 1.165) is 36.8 Å². The SMILES string of the molecule is Fc1ccc(N2CCN[C@@H](CC3CC3)C2)nc1-c1[nH]nc2ncccc12.[HH]. The Labute approximate surface area is 152 Å². The quantitative estimate of drug-likeness (QED) is 0.754. The van der Waals surface area contributed by atoms with Crippen LogP contribution >= 0.6 is 0 Å². The highest BCUT2D eigenvalue weighted by Crippen LogP contribution is 2.34. The predicted molar refractivity (Wildman–Crippen MR) is 101 cm³/mol. The molecule has 7 heteroatoms. The van der Waals surface area contributed by atoms with Gasteiger partial charge in [0.2, 0.25) is 0 Å². The van der Waals surface area contributed by atoms with Crippen molar-refractivity contribution in [2.45, 2.75) is 25.3 Å². The zero-order chi connectivity index (χ0) is 17.5. The molecule has 0 aromatic carbocycles. The third kappa shape index (κ3) is 2.92. The first kappa shape index (κ1) is 15.7. The molecule has 1 aliphatic heterocycles. The molecular formula is C19H23FN6. The van der Waals surface area contributed by atoms with Crippen LogP contribution in [0.25, 0.3) is 22.4 Å². The van der Waals surface area contributed by atoms with E-state index in [2.05, 4.69) is 30.4 Å². The summed E-state index contributed by atoms with van der Waals surface area (Å²) in [6, 6.07) is 7.46. The van der Waals surface area contributed by atoms with Crippen molar-refractivity contribution >= 4 is 16.9 Å². The van der Waals surface area contributed by atoms with Crippen LogP contribution in [0.3, 0.4) is 0 Å². The number of aromatic amines is 1. The van der Waals surface area contributed by atoms with E-state index in [-0.39, 0.29) is 7.24 Å². The Bertz CT molecular complexity index is 941. The summed E-state index contributed by atoms with van der Waals surface area (Å²) in [7, 11) is 0. The molecule has 2 N–H and O–H groups in total. The lowest BCUT2D eigenvalue weighted by Crippen LogP contribution is -2.51. The molecule has 0 unspecified atom stereocenters. The molecule has 1 aliphatic carbocycles. The number of fused-ring (bicyclic) bond motifs is 1. The van der Waals surface area contributed by atoms with Crippen molar-refractivity contribution in [3.05, 3.63) is 36.3 Å². The Morgan fingerprint density at radius 3 is 3.08 bits per heavy atom. The highest BCUT2D eigenvalue weighted by molar-refractivity contribution is 5.89. The van der Waals surface area contributed by atoms with Gasteiger partial charge in [0.25, 0.3) is 0 Å². The van der Waals surface area contributed by atoms with E-state index in [9.17, 15) is 4.39 Å². The van der Waals surface area contributed by atoms with Crippen molar-refractivity contribution in [1.82, 2.24) is 25.5 Å². The van der Waals surface area contributed by atoms with E-state index in [4.69, 9.17) is 0 Å². The molecule has 1 atom stereocenters. The van der Waals surface area contributed by atoms with Crippen LogP contribution in [0.2, 0.25) is 0 Å². The Kier molecular flexibility index (Phi) is 3.81. The molecule has 0 bridgehead atoms. The number of anilines is 1. The fraction of sp³-hybridized carbons (Fsp3) is 0.421. The van der Waals surface area contributed by atoms with E-state index < -0.39 is 0 Å². The molecule has 0 radical (unpaired) electrons. The molecule has 2 fully saturated rings. The molecule has 0 amide bonds. The van der Waals surface area contributed by atoms with E-state index in [1.165, 1.54) is 25.3 Å². The lowest BCUT2D eigenvalue weighted by atomic mass is 10.1. The zero-order valence-corrected chi connectivity index (χ0v) is 14.5. The number of pyridine rings is 2. The standard InChI is InChI=1S/C19H21FN6.H2/c20-15-5-6-16(26-9-8-21-13(11-26)10-12-3-4-12)23-18(15)17-14-2-1-7-22-19(14)25-24-17;/h1-2,5-7,12-13,21H,3-4,8-11H2,(H,22,24,25);1H/t13-;/m0./s1. The first-order valence-corrected chi connectivity index (χ1v) is 9.22. The summed E-state index contributed by atoms with van der Waals surface area (Å²) < 4.78 is 14.5. The monoisotopic (exact) mass is 354 g/mol. The average molecular weight is 354 g/mol. The van der Waals surface area contributed by atoms with E-state index in [1.807, 2.05) is 12.1 Å². The third-order valence-corrected chi connectivity index (χ3v) is 5.29. The predicted octanol–water partition coefficient (Wildman–Crippen LogP) is 2.98. The van der Waals surface area contributed by atoms with E-state index >= 15 is 0 Å². The van der Waals surface area contributed by atoms with Crippen molar-refractivity contribution in [2.24, 2.45) is 5.92 Å². The molecule has 5 rings (SSSR count). The number of hydrogen-bond donors (Lipinski definition) is 2. The minimum absolute atomic E-state index is 0. The molecule has 26 heavy (non-hydrogen) atoms.